The number of alkyl halides is 3. The molecule has 27 heavy (non-hydrogen) atoms. The van der Waals surface area contributed by atoms with Gasteiger partial charge in [0.15, 0.2) is 5.69 Å². The molecule has 0 spiro atoms. The summed E-state index contributed by atoms with van der Waals surface area (Å²) >= 11 is 0. The first kappa shape index (κ1) is 18.6. The molecule has 4 nitrogen and oxygen atoms in total. The third-order valence-corrected chi connectivity index (χ3v) is 3.97. The molecule has 9 heteroatoms. The maximum absolute atomic E-state index is 14.3. The molecule has 0 bridgehead atoms. The quantitative estimate of drug-likeness (QED) is 0.693. The second-order valence-electron chi connectivity index (χ2n) is 5.73. The van der Waals surface area contributed by atoms with Crippen LogP contribution in [0.25, 0.3) is 22.4 Å². The Hall–Kier alpha value is -3.23. The van der Waals surface area contributed by atoms with Crippen molar-refractivity contribution in [3.05, 3.63) is 65.4 Å². The molecule has 0 saturated carbocycles. The van der Waals surface area contributed by atoms with Crippen LogP contribution in [0.4, 0.5) is 22.0 Å². The van der Waals surface area contributed by atoms with Crippen molar-refractivity contribution in [2.75, 3.05) is 0 Å². The lowest BCUT2D eigenvalue weighted by molar-refractivity contribution is -0.141. The number of hydrogen-bond donors (Lipinski definition) is 1. The molecule has 0 unspecified atom stereocenters. The maximum Gasteiger partial charge on any atom is 0.435 e. The first-order chi connectivity index (χ1) is 12.6. The number of nitrogens with zero attached hydrogens (tertiary/aromatic N) is 2. The molecule has 0 radical (unpaired) electrons. The number of primary amides is 1. The number of rotatable bonds is 3. The maximum atomic E-state index is 14.3. The molecule has 0 aliphatic rings. The second kappa shape index (κ2) is 6.49. The number of benzene rings is 2. The van der Waals surface area contributed by atoms with Gasteiger partial charge in [-0.2, -0.15) is 18.3 Å². The molecule has 0 saturated heterocycles. The first-order valence-corrected chi connectivity index (χ1v) is 7.60. The number of carbonyl (C=O) groups excluding carboxylic acids is 1. The molecule has 0 fully saturated rings. The highest BCUT2D eigenvalue weighted by atomic mass is 19.4. The van der Waals surface area contributed by atoms with Crippen molar-refractivity contribution in [1.82, 2.24) is 9.78 Å². The summed E-state index contributed by atoms with van der Waals surface area (Å²) in [6.07, 6.45) is -4.91. The fraction of sp³-hybridized carbons (Fsp3) is 0.111. The Morgan fingerprint density at radius 2 is 1.67 bits per heavy atom. The number of aromatic nitrogens is 2. The van der Waals surface area contributed by atoms with Crippen LogP contribution in [0.5, 0.6) is 0 Å². The van der Waals surface area contributed by atoms with Gasteiger partial charge in [0.2, 0.25) is 0 Å². The van der Waals surface area contributed by atoms with Gasteiger partial charge >= 0.3 is 6.18 Å². The Morgan fingerprint density at radius 1 is 1.04 bits per heavy atom. The lowest BCUT2D eigenvalue weighted by Crippen LogP contribution is -2.18. The molecule has 0 aliphatic carbocycles. The normalized spacial score (nSPS) is 11.6. The molecule has 0 atom stereocenters. The zero-order valence-corrected chi connectivity index (χ0v) is 13.8. The number of hydrogen-bond acceptors (Lipinski definition) is 2. The van der Waals surface area contributed by atoms with E-state index in [1.165, 1.54) is 31.3 Å². The Morgan fingerprint density at radius 3 is 2.22 bits per heavy atom. The van der Waals surface area contributed by atoms with Crippen molar-refractivity contribution in [3.63, 3.8) is 0 Å². The van der Waals surface area contributed by atoms with Crippen LogP contribution >= 0.6 is 0 Å². The van der Waals surface area contributed by atoms with Crippen molar-refractivity contribution in [2.45, 2.75) is 6.18 Å². The topological polar surface area (TPSA) is 60.9 Å². The van der Waals surface area contributed by atoms with E-state index in [4.69, 9.17) is 5.73 Å². The average Bonchev–Trinajstić information content (AvgIpc) is 2.93. The van der Waals surface area contributed by atoms with Crippen LogP contribution < -0.4 is 5.73 Å². The van der Waals surface area contributed by atoms with E-state index in [1.54, 1.807) is 0 Å². The smallest absolute Gasteiger partial charge is 0.365 e. The van der Waals surface area contributed by atoms with Crippen molar-refractivity contribution in [2.24, 2.45) is 12.8 Å². The van der Waals surface area contributed by atoms with Crippen molar-refractivity contribution in [1.29, 1.82) is 0 Å². The van der Waals surface area contributed by atoms with Crippen LogP contribution in [0.3, 0.4) is 0 Å². The van der Waals surface area contributed by atoms with Gasteiger partial charge in [-0.3, -0.25) is 9.48 Å². The van der Waals surface area contributed by atoms with E-state index in [-0.39, 0.29) is 22.4 Å². The van der Waals surface area contributed by atoms with Crippen LogP contribution in [-0.4, -0.2) is 15.7 Å². The predicted molar refractivity (Wildman–Crippen MR) is 87.5 cm³/mol. The number of aryl methyl sites for hydroxylation is 1. The summed E-state index contributed by atoms with van der Waals surface area (Å²) in [6.45, 7) is 0. The fourth-order valence-electron chi connectivity index (χ4n) is 2.90. The summed E-state index contributed by atoms with van der Waals surface area (Å²) in [5.41, 5.74) is 2.94. The molecule has 140 valence electrons. The molecule has 1 heterocycles. The summed E-state index contributed by atoms with van der Waals surface area (Å²) in [4.78, 5) is 11.8. The predicted octanol–water partition coefficient (Wildman–Crippen LogP) is 4.15. The van der Waals surface area contributed by atoms with Gasteiger partial charge in [0.05, 0.1) is 11.3 Å². The van der Waals surface area contributed by atoms with E-state index >= 15 is 0 Å². The number of carbonyl (C=O) groups is 1. The Labute approximate surface area is 150 Å². The summed E-state index contributed by atoms with van der Waals surface area (Å²) < 4.78 is 68.1. The van der Waals surface area contributed by atoms with Gasteiger partial charge in [0.25, 0.3) is 5.91 Å². The lowest BCUT2D eigenvalue weighted by Gasteiger charge is -2.12. The highest BCUT2D eigenvalue weighted by molar-refractivity contribution is 6.02. The van der Waals surface area contributed by atoms with Gasteiger partial charge in [-0.05, 0) is 17.7 Å². The minimum absolute atomic E-state index is 0.0443. The van der Waals surface area contributed by atoms with E-state index in [0.29, 0.717) is 6.07 Å². The number of halogens is 5. The molecular weight excluding hydrogens is 369 g/mol. The minimum atomic E-state index is -4.91. The van der Waals surface area contributed by atoms with Gasteiger partial charge in [0.1, 0.15) is 11.6 Å². The summed E-state index contributed by atoms with van der Waals surface area (Å²) in [5, 5.41) is 3.39. The van der Waals surface area contributed by atoms with Gasteiger partial charge in [0, 0.05) is 24.2 Å². The first-order valence-electron chi connectivity index (χ1n) is 7.60. The minimum Gasteiger partial charge on any atom is -0.365 e. The van der Waals surface area contributed by atoms with E-state index in [1.807, 2.05) is 0 Å². The third-order valence-electron chi connectivity index (χ3n) is 3.97. The highest BCUT2D eigenvalue weighted by Crippen LogP contribution is 2.39. The average molecular weight is 381 g/mol. The number of amides is 1. The van der Waals surface area contributed by atoms with E-state index in [2.05, 4.69) is 5.10 Å². The van der Waals surface area contributed by atoms with Gasteiger partial charge in [-0.25, -0.2) is 8.78 Å². The molecule has 3 aromatic rings. The van der Waals surface area contributed by atoms with E-state index in [0.717, 1.165) is 16.8 Å². The van der Waals surface area contributed by atoms with E-state index < -0.39 is 35.0 Å². The summed E-state index contributed by atoms with van der Waals surface area (Å²) in [6, 6.07) is 8.73. The summed E-state index contributed by atoms with van der Waals surface area (Å²) in [7, 11) is 1.22. The number of nitrogens with two attached hydrogens (primary N) is 1. The van der Waals surface area contributed by atoms with Crippen LogP contribution in [0, 0.1) is 11.6 Å². The van der Waals surface area contributed by atoms with E-state index in [9.17, 15) is 26.7 Å². The molecule has 2 aromatic carbocycles. The van der Waals surface area contributed by atoms with Gasteiger partial charge in [-0.15, -0.1) is 0 Å². The zero-order chi connectivity index (χ0) is 19.9. The van der Waals surface area contributed by atoms with Crippen molar-refractivity contribution in [3.8, 4) is 22.4 Å². The molecule has 1 aromatic heterocycles. The van der Waals surface area contributed by atoms with Crippen LogP contribution in [-0.2, 0) is 13.2 Å². The SMILES string of the molecule is Cn1nc(C(F)(F)F)c(C(N)=O)c1-c1ccccc1-c1ccc(F)cc1F. The summed E-state index contributed by atoms with van der Waals surface area (Å²) in [5.74, 6) is -3.02. The lowest BCUT2D eigenvalue weighted by atomic mass is 9.94. The zero-order valence-electron chi connectivity index (χ0n) is 13.8. The van der Waals surface area contributed by atoms with Gasteiger partial charge in [-0.1, -0.05) is 24.3 Å². The van der Waals surface area contributed by atoms with Crippen molar-refractivity contribution >= 4 is 5.91 Å². The van der Waals surface area contributed by atoms with Crippen molar-refractivity contribution < 1.29 is 26.7 Å². The Bertz CT molecular complexity index is 1040. The van der Waals surface area contributed by atoms with Crippen LogP contribution in [0.2, 0.25) is 0 Å². The largest absolute Gasteiger partial charge is 0.435 e. The van der Waals surface area contributed by atoms with Crippen LogP contribution in [0.1, 0.15) is 16.1 Å². The Balaban J connectivity index is 2.34. The van der Waals surface area contributed by atoms with Crippen LogP contribution in [0.15, 0.2) is 42.5 Å². The molecule has 2 N–H and O–H groups in total. The van der Waals surface area contributed by atoms with Gasteiger partial charge < -0.3 is 5.73 Å². The molecular formula is C18H12F5N3O. The Kier molecular flexibility index (Phi) is 4.46. The third kappa shape index (κ3) is 3.27. The highest BCUT2D eigenvalue weighted by Gasteiger charge is 2.41. The molecule has 0 aliphatic heterocycles. The molecule has 1 amide bonds. The molecule has 3 rings (SSSR count). The standard InChI is InChI=1S/C18H12F5N3O/c1-26-15(14(17(24)27)16(25-26)18(21,22)23)12-5-3-2-4-10(12)11-7-6-9(19)8-13(11)20/h2-8H,1H3,(H2,24,27). The monoisotopic (exact) mass is 381 g/mol. The fourth-order valence-corrected chi connectivity index (χ4v) is 2.90. The second-order valence-corrected chi connectivity index (χ2v) is 5.73.